The normalized spacial score (nSPS) is 15.4. The van der Waals surface area contributed by atoms with Gasteiger partial charge >= 0.3 is 0 Å². The minimum absolute atomic E-state index is 0.160. The van der Waals surface area contributed by atoms with Crippen LogP contribution in [0.3, 0.4) is 0 Å². The van der Waals surface area contributed by atoms with Gasteiger partial charge in [0.2, 0.25) is 0 Å². The number of carbonyl (C=O) groups is 1. The van der Waals surface area contributed by atoms with Gasteiger partial charge in [-0.3, -0.25) is 4.79 Å². The van der Waals surface area contributed by atoms with Gasteiger partial charge < -0.3 is 14.8 Å². The smallest absolute Gasteiger partial charge is 0.263 e. The molecule has 0 bridgehead atoms. The number of rotatable bonds is 6. The second-order valence-corrected chi connectivity index (χ2v) is 6.65. The summed E-state index contributed by atoms with van der Waals surface area (Å²) < 4.78 is 11.8. The number of hydrogen-bond donors (Lipinski definition) is 1. The lowest BCUT2D eigenvalue weighted by molar-refractivity contribution is -0.115. The van der Waals surface area contributed by atoms with Crippen LogP contribution in [0.1, 0.15) is 5.56 Å². The molecule has 2 aromatic rings. The van der Waals surface area contributed by atoms with Crippen LogP contribution < -0.4 is 14.8 Å². The maximum Gasteiger partial charge on any atom is 0.263 e. The topological polar surface area (TPSA) is 47.6 Å². The summed E-state index contributed by atoms with van der Waals surface area (Å²) in [5, 5.41) is 2.60. The van der Waals surface area contributed by atoms with Gasteiger partial charge in [-0.05, 0) is 35.9 Å². The number of para-hydroxylation sites is 1. The summed E-state index contributed by atoms with van der Waals surface area (Å²) in [4.78, 5) is 12.3. The molecular weight excluding hydrogens is 342 g/mol. The molecule has 2 aromatic carbocycles. The molecule has 1 saturated heterocycles. The van der Waals surface area contributed by atoms with Crippen molar-refractivity contribution < 1.29 is 14.3 Å². The zero-order valence-corrected chi connectivity index (χ0v) is 14.4. The monoisotopic (exact) mass is 357 g/mol. The van der Waals surface area contributed by atoms with Gasteiger partial charge in [0.1, 0.15) is 29.0 Å². The maximum absolute atomic E-state index is 11.7. The summed E-state index contributed by atoms with van der Waals surface area (Å²) in [6, 6.07) is 17.2. The van der Waals surface area contributed by atoms with E-state index in [4.69, 9.17) is 21.7 Å². The lowest BCUT2D eigenvalue weighted by Gasteiger charge is -2.08. The van der Waals surface area contributed by atoms with Crippen LogP contribution in [-0.4, -0.2) is 23.4 Å². The van der Waals surface area contributed by atoms with E-state index in [2.05, 4.69) is 5.32 Å². The Labute approximate surface area is 149 Å². The van der Waals surface area contributed by atoms with Crippen LogP contribution in [0, 0.1) is 0 Å². The second kappa shape index (κ2) is 7.99. The fourth-order valence-corrected chi connectivity index (χ4v) is 3.15. The van der Waals surface area contributed by atoms with Crippen molar-refractivity contribution >= 4 is 40.3 Å². The summed E-state index contributed by atoms with van der Waals surface area (Å²) >= 11 is 6.24. The third-order valence-corrected chi connectivity index (χ3v) is 4.32. The van der Waals surface area contributed by atoms with Gasteiger partial charge in [0.15, 0.2) is 0 Å². The van der Waals surface area contributed by atoms with Crippen molar-refractivity contribution in [3.8, 4) is 11.5 Å². The molecule has 1 N–H and O–H groups in total. The van der Waals surface area contributed by atoms with Crippen molar-refractivity contribution in [3.05, 3.63) is 65.1 Å². The molecule has 0 aliphatic carbocycles. The summed E-state index contributed by atoms with van der Waals surface area (Å²) in [5.74, 6) is 1.39. The molecule has 1 heterocycles. The number of hydrogen-bond acceptors (Lipinski definition) is 5. The quantitative estimate of drug-likeness (QED) is 0.486. The van der Waals surface area contributed by atoms with Crippen molar-refractivity contribution in [2.24, 2.45) is 0 Å². The van der Waals surface area contributed by atoms with Crippen molar-refractivity contribution in [3.63, 3.8) is 0 Å². The highest BCUT2D eigenvalue weighted by Crippen LogP contribution is 2.26. The lowest BCUT2D eigenvalue weighted by atomic mass is 10.2. The van der Waals surface area contributed by atoms with Crippen molar-refractivity contribution in [1.82, 2.24) is 5.32 Å². The van der Waals surface area contributed by atoms with Gasteiger partial charge in [-0.15, -0.1) is 0 Å². The van der Waals surface area contributed by atoms with Crippen molar-refractivity contribution in [2.75, 3.05) is 13.2 Å². The Morgan fingerprint density at radius 1 is 1.00 bits per heavy atom. The van der Waals surface area contributed by atoms with E-state index in [9.17, 15) is 4.79 Å². The third kappa shape index (κ3) is 4.59. The molecule has 0 unspecified atom stereocenters. The first-order chi connectivity index (χ1) is 11.7. The van der Waals surface area contributed by atoms with Crippen LogP contribution in [0.25, 0.3) is 6.08 Å². The zero-order valence-electron chi connectivity index (χ0n) is 12.7. The number of amides is 1. The van der Waals surface area contributed by atoms with Crippen LogP contribution in [0.5, 0.6) is 11.5 Å². The van der Waals surface area contributed by atoms with Crippen LogP contribution in [0.4, 0.5) is 0 Å². The summed E-state index contributed by atoms with van der Waals surface area (Å²) in [6.45, 7) is 0.899. The molecule has 6 heteroatoms. The van der Waals surface area contributed by atoms with Crippen LogP contribution >= 0.6 is 24.0 Å². The van der Waals surface area contributed by atoms with Gasteiger partial charge in [0, 0.05) is 0 Å². The molecule has 0 aromatic heterocycles. The minimum Gasteiger partial charge on any atom is -0.490 e. The molecule has 122 valence electrons. The predicted molar refractivity (Wildman–Crippen MR) is 100 cm³/mol. The molecule has 1 amide bonds. The van der Waals surface area contributed by atoms with E-state index < -0.39 is 0 Å². The molecular formula is C18H15NO3S2. The van der Waals surface area contributed by atoms with E-state index >= 15 is 0 Å². The first-order valence-electron chi connectivity index (χ1n) is 7.36. The Morgan fingerprint density at radius 2 is 1.71 bits per heavy atom. The van der Waals surface area contributed by atoms with Gasteiger partial charge in [-0.25, -0.2) is 0 Å². The summed E-state index contributed by atoms with van der Waals surface area (Å²) in [5.41, 5.74) is 0.888. The SMILES string of the molecule is O=C1NC(=S)S/C1=C/c1cccc(OCCOc2ccccc2)c1. The van der Waals surface area contributed by atoms with Crippen molar-refractivity contribution in [1.29, 1.82) is 0 Å². The number of thioether (sulfide) groups is 1. The Hall–Kier alpha value is -2.31. The van der Waals surface area contributed by atoms with Gasteiger partial charge in [0.25, 0.3) is 5.91 Å². The van der Waals surface area contributed by atoms with E-state index in [1.54, 1.807) is 6.08 Å². The average molecular weight is 357 g/mol. The second-order valence-electron chi connectivity index (χ2n) is 4.93. The molecule has 3 rings (SSSR count). The Bertz CT molecular complexity index is 775. The van der Waals surface area contributed by atoms with Crippen LogP contribution in [-0.2, 0) is 4.79 Å². The molecule has 0 atom stereocenters. The van der Waals surface area contributed by atoms with E-state index in [0.29, 0.717) is 22.4 Å². The highest BCUT2D eigenvalue weighted by Gasteiger charge is 2.21. The number of thiocarbonyl (C=S) groups is 1. The minimum atomic E-state index is -0.160. The zero-order chi connectivity index (χ0) is 16.8. The van der Waals surface area contributed by atoms with Gasteiger partial charge in [-0.1, -0.05) is 54.3 Å². The number of benzene rings is 2. The number of ether oxygens (including phenoxy) is 2. The Balaban J connectivity index is 1.55. The molecule has 1 aliphatic rings. The average Bonchev–Trinajstić information content (AvgIpc) is 2.90. The molecule has 1 aliphatic heterocycles. The maximum atomic E-state index is 11.7. The van der Waals surface area contributed by atoms with Crippen molar-refractivity contribution in [2.45, 2.75) is 0 Å². The highest BCUT2D eigenvalue weighted by molar-refractivity contribution is 8.26. The molecule has 0 saturated carbocycles. The first-order valence-corrected chi connectivity index (χ1v) is 8.59. The number of nitrogens with one attached hydrogen (secondary N) is 1. The molecule has 0 radical (unpaired) electrons. The lowest BCUT2D eigenvalue weighted by Crippen LogP contribution is -2.17. The Morgan fingerprint density at radius 3 is 2.42 bits per heavy atom. The van der Waals surface area contributed by atoms with E-state index in [1.165, 1.54) is 11.8 Å². The van der Waals surface area contributed by atoms with Crippen LogP contribution in [0.2, 0.25) is 0 Å². The first kappa shape index (κ1) is 16.5. The van der Waals surface area contributed by atoms with Gasteiger partial charge in [0.05, 0.1) is 4.91 Å². The molecule has 1 fully saturated rings. The highest BCUT2D eigenvalue weighted by atomic mass is 32.2. The fraction of sp³-hybridized carbons (Fsp3) is 0.111. The van der Waals surface area contributed by atoms with E-state index in [1.807, 2.05) is 54.6 Å². The van der Waals surface area contributed by atoms with E-state index in [0.717, 1.165) is 17.1 Å². The largest absolute Gasteiger partial charge is 0.490 e. The van der Waals surface area contributed by atoms with Crippen LogP contribution in [0.15, 0.2) is 59.5 Å². The standard InChI is InChI=1S/C18H15NO3S2/c20-17-16(24-18(23)19-17)12-13-5-4-8-15(11-13)22-10-9-21-14-6-2-1-3-7-14/h1-8,11-12H,9-10H2,(H,19,20,23)/b16-12+. The molecule has 24 heavy (non-hydrogen) atoms. The molecule has 0 spiro atoms. The predicted octanol–water partition coefficient (Wildman–Crippen LogP) is 3.63. The summed E-state index contributed by atoms with van der Waals surface area (Å²) in [6.07, 6.45) is 1.80. The van der Waals surface area contributed by atoms with E-state index in [-0.39, 0.29) is 5.91 Å². The fourth-order valence-electron chi connectivity index (χ4n) is 2.10. The number of carbonyl (C=O) groups excluding carboxylic acids is 1. The van der Waals surface area contributed by atoms with Gasteiger partial charge in [-0.2, -0.15) is 0 Å². The molecule has 4 nitrogen and oxygen atoms in total. The third-order valence-electron chi connectivity index (χ3n) is 3.16. The Kier molecular flexibility index (Phi) is 5.51. The summed E-state index contributed by atoms with van der Waals surface area (Å²) in [7, 11) is 0.